The molecule has 162 valence electrons. The molecule has 0 radical (unpaired) electrons. The summed E-state index contributed by atoms with van der Waals surface area (Å²) in [6.07, 6.45) is 2.17. The lowest BCUT2D eigenvalue weighted by Gasteiger charge is -2.14. The Balaban J connectivity index is 1.95. The topological polar surface area (TPSA) is 105 Å². The van der Waals surface area contributed by atoms with Crippen LogP contribution in [-0.2, 0) is 14.4 Å². The van der Waals surface area contributed by atoms with E-state index in [1.807, 2.05) is 13.0 Å². The van der Waals surface area contributed by atoms with Gasteiger partial charge >= 0.3 is 5.97 Å². The van der Waals surface area contributed by atoms with Crippen LogP contribution in [0.15, 0.2) is 23.1 Å². The normalized spacial score (nSPS) is 14.9. The van der Waals surface area contributed by atoms with E-state index in [0.29, 0.717) is 33.8 Å². The quantitative estimate of drug-likeness (QED) is 0.300. The molecule has 1 aromatic rings. The number of carbonyl (C=O) groups excluding carboxylic acids is 2. The average Bonchev–Trinajstić information content (AvgIpc) is 2.97. The maximum atomic E-state index is 12.7. The van der Waals surface area contributed by atoms with Gasteiger partial charge in [-0.1, -0.05) is 30.0 Å². The highest BCUT2D eigenvalue weighted by molar-refractivity contribution is 8.26. The highest BCUT2D eigenvalue weighted by Crippen LogP contribution is 2.34. The fourth-order valence-electron chi connectivity index (χ4n) is 2.66. The lowest BCUT2D eigenvalue weighted by molar-refractivity contribution is -0.137. The number of carboxylic acids is 1. The van der Waals surface area contributed by atoms with E-state index in [1.54, 1.807) is 25.3 Å². The number of benzene rings is 1. The number of thiocarbonyl (C=S) groups is 1. The minimum atomic E-state index is -0.904. The maximum absolute atomic E-state index is 12.7. The van der Waals surface area contributed by atoms with Crippen molar-refractivity contribution in [1.29, 1.82) is 0 Å². The van der Waals surface area contributed by atoms with Crippen LogP contribution in [0.1, 0.15) is 31.7 Å². The number of rotatable bonds is 11. The Morgan fingerprint density at radius 1 is 1.30 bits per heavy atom. The van der Waals surface area contributed by atoms with Gasteiger partial charge in [0.25, 0.3) is 5.91 Å². The van der Waals surface area contributed by atoms with Crippen LogP contribution >= 0.6 is 24.0 Å². The number of methoxy groups -OCH3 is 1. The van der Waals surface area contributed by atoms with Crippen LogP contribution in [0.25, 0.3) is 6.08 Å². The molecule has 1 aliphatic heterocycles. The number of hydrogen-bond acceptors (Lipinski definition) is 7. The minimum Gasteiger partial charge on any atom is -0.493 e. The van der Waals surface area contributed by atoms with Gasteiger partial charge in [-0.2, -0.15) is 0 Å². The van der Waals surface area contributed by atoms with Crippen molar-refractivity contribution in [3.8, 4) is 11.5 Å². The van der Waals surface area contributed by atoms with Crippen LogP contribution in [0.3, 0.4) is 0 Å². The van der Waals surface area contributed by atoms with Crippen molar-refractivity contribution in [3.63, 3.8) is 0 Å². The molecule has 2 rings (SSSR count). The van der Waals surface area contributed by atoms with Gasteiger partial charge in [0.15, 0.2) is 11.5 Å². The summed E-state index contributed by atoms with van der Waals surface area (Å²) in [4.78, 5) is 36.9. The Labute approximate surface area is 184 Å². The van der Waals surface area contributed by atoms with E-state index in [9.17, 15) is 14.4 Å². The van der Waals surface area contributed by atoms with Crippen LogP contribution < -0.4 is 14.8 Å². The Kier molecular flexibility index (Phi) is 9.13. The summed E-state index contributed by atoms with van der Waals surface area (Å²) in [5.41, 5.74) is 0.770. The summed E-state index contributed by atoms with van der Waals surface area (Å²) in [7, 11) is 1.55. The third-order valence-corrected chi connectivity index (χ3v) is 5.49. The fourth-order valence-corrected chi connectivity index (χ4v) is 3.97. The summed E-state index contributed by atoms with van der Waals surface area (Å²) < 4.78 is 11.2. The first-order valence-corrected chi connectivity index (χ1v) is 10.6. The third kappa shape index (κ3) is 6.74. The highest BCUT2D eigenvalue weighted by Gasteiger charge is 2.32. The number of nitrogens with one attached hydrogen (secondary N) is 1. The molecule has 8 nitrogen and oxygen atoms in total. The third-order valence-electron chi connectivity index (χ3n) is 4.11. The first-order chi connectivity index (χ1) is 14.3. The number of carboxylic acid groups (broad SMARTS) is 1. The molecule has 2 N–H and O–H groups in total. The van der Waals surface area contributed by atoms with Crippen molar-refractivity contribution >= 4 is 52.2 Å². The van der Waals surface area contributed by atoms with Gasteiger partial charge in [-0.15, -0.1) is 0 Å². The van der Waals surface area contributed by atoms with Gasteiger partial charge in [0.2, 0.25) is 5.91 Å². The summed E-state index contributed by atoms with van der Waals surface area (Å²) in [6, 6.07) is 5.39. The number of hydrogen-bond donors (Lipinski definition) is 2. The van der Waals surface area contributed by atoms with Crippen LogP contribution in [0, 0.1) is 0 Å². The second kappa shape index (κ2) is 11.6. The number of nitrogens with zero attached hydrogens (tertiary/aromatic N) is 1. The second-order valence-electron chi connectivity index (χ2n) is 6.27. The summed E-state index contributed by atoms with van der Waals surface area (Å²) in [6.45, 7) is 2.85. The van der Waals surface area contributed by atoms with Crippen LogP contribution in [0.4, 0.5) is 0 Å². The molecule has 10 heteroatoms. The molecule has 1 fully saturated rings. The van der Waals surface area contributed by atoms with Gasteiger partial charge < -0.3 is 19.9 Å². The highest BCUT2D eigenvalue weighted by atomic mass is 32.2. The predicted octanol–water partition coefficient (Wildman–Crippen LogP) is 2.67. The summed E-state index contributed by atoms with van der Waals surface area (Å²) in [5, 5.41) is 11.2. The molecular weight excluding hydrogens is 428 g/mol. The number of amides is 2. The molecule has 1 aliphatic rings. The molecule has 1 heterocycles. The molecule has 0 aromatic heterocycles. The van der Waals surface area contributed by atoms with Crippen molar-refractivity contribution in [2.75, 3.05) is 26.8 Å². The molecular formula is C20H24N2O6S2. The van der Waals surface area contributed by atoms with Gasteiger partial charge in [-0.05, 0) is 37.1 Å². The monoisotopic (exact) mass is 452 g/mol. The first kappa shape index (κ1) is 23.7. The van der Waals surface area contributed by atoms with Gasteiger partial charge in [-0.25, -0.2) is 0 Å². The summed E-state index contributed by atoms with van der Waals surface area (Å²) in [5.74, 6) is -0.218. The van der Waals surface area contributed by atoms with Crippen LogP contribution in [0.5, 0.6) is 11.5 Å². The van der Waals surface area contributed by atoms with E-state index < -0.39 is 5.97 Å². The van der Waals surface area contributed by atoms with Crippen molar-refractivity contribution in [1.82, 2.24) is 10.2 Å². The summed E-state index contributed by atoms with van der Waals surface area (Å²) >= 11 is 6.47. The Morgan fingerprint density at radius 3 is 2.73 bits per heavy atom. The number of carbonyl (C=O) groups is 3. The van der Waals surface area contributed by atoms with Gasteiger partial charge in [-0.3, -0.25) is 19.3 Å². The molecule has 1 aromatic carbocycles. The standard InChI is InChI=1S/C20H24N2O6S2/c1-3-28-14-7-6-13(11-15(14)27-2)12-16-19(26)22(20(29)30-16)10-8-17(23)21-9-4-5-18(24)25/h6-7,11-12H,3-5,8-10H2,1-2H3,(H,21,23)(H,24,25)/b16-12+. The molecule has 0 bridgehead atoms. The largest absolute Gasteiger partial charge is 0.493 e. The van der Waals surface area contributed by atoms with Crippen LogP contribution in [0.2, 0.25) is 0 Å². The Bertz CT molecular complexity index is 856. The van der Waals surface area contributed by atoms with Crippen molar-refractivity contribution in [2.45, 2.75) is 26.2 Å². The molecule has 2 amide bonds. The van der Waals surface area contributed by atoms with Gasteiger partial charge in [0.1, 0.15) is 4.32 Å². The molecule has 0 unspecified atom stereocenters. The fraction of sp³-hybridized carbons (Fsp3) is 0.400. The lowest BCUT2D eigenvalue weighted by Crippen LogP contribution is -2.33. The van der Waals surface area contributed by atoms with Crippen molar-refractivity contribution in [2.24, 2.45) is 0 Å². The van der Waals surface area contributed by atoms with Gasteiger partial charge in [0, 0.05) is 25.9 Å². The molecule has 0 spiro atoms. The van der Waals surface area contributed by atoms with E-state index in [1.165, 1.54) is 16.7 Å². The minimum absolute atomic E-state index is 0.00386. The van der Waals surface area contributed by atoms with E-state index in [0.717, 1.165) is 5.56 Å². The Hall–Kier alpha value is -2.59. The zero-order chi connectivity index (χ0) is 22.1. The predicted molar refractivity (Wildman–Crippen MR) is 119 cm³/mol. The molecule has 30 heavy (non-hydrogen) atoms. The SMILES string of the molecule is CCOc1ccc(/C=C2/SC(=S)N(CCC(=O)NCCCC(=O)O)C2=O)cc1OC. The average molecular weight is 453 g/mol. The zero-order valence-corrected chi connectivity index (χ0v) is 18.4. The lowest BCUT2D eigenvalue weighted by atomic mass is 10.2. The van der Waals surface area contributed by atoms with Crippen molar-refractivity contribution < 1.29 is 29.0 Å². The van der Waals surface area contributed by atoms with Crippen molar-refractivity contribution in [3.05, 3.63) is 28.7 Å². The molecule has 0 atom stereocenters. The number of ether oxygens (including phenoxy) is 2. The van der Waals surface area contributed by atoms with E-state index >= 15 is 0 Å². The Morgan fingerprint density at radius 2 is 2.07 bits per heavy atom. The molecule has 0 aliphatic carbocycles. The molecule has 1 saturated heterocycles. The zero-order valence-electron chi connectivity index (χ0n) is 16.8. The molecule has 0 saturated carbocycles. The van der Waals surface area contributed by atoms with E-state index in [2.05, 4.69) is 5.32 Å². The number of thioether (sulfide) groups is 1. The van der Waals surface area contributed by atoms with E-state index in [-0.39, 0.29) is 37.7 Å². The number of aliphatic carboxylic acids is 1. The first-order valence-electron chi connectivity index (χ1n) is 9.40. The van der Waals surface area contributed by atoms with Gasteiger partial charge in [0.05, 0.1) is 18.6 Å². The van der Waals surface area contributed by atoms with E-state index in [4.69, 9.17) is 26.8 Å². The second-order valence-corrected chi connectivity index (χ2v) is 7.95. The smallest absolute Gasteiger partial charge is 0.303 e. The van der Waals surface area contributed by atoms with Crippen LogP contribution in [-0.4, -0.2) is 58.9 Å². The maximum Gasteiger partial charge on any atom is 0.303 e.